The number of aryl methyl sites for hydroxylation is 1. The molecule has 0 bridgehead atoms. The van der Waals surface area contributed by atoms with E-state index < -0.39 is 0 Å². The van der Waals surface area contributed by atoms with E-state index in [9.17, 15) is 0 Å². The van der Waals surface area contributed by atoms with E-state index in [0.717, 1.165) is 18.9 Å². The summed E-state index contributed by atoms with van der Waals surface area (Å²) in [6.45, 7) is 4.41. The molecule has 1 aromatic carbocycles. The Kier molecular flexibility index (Phi) is 9.35. The molecule has 0 saturated heterocycles. The summed E-state index contributed by atoms with van der Waals surface area (Å²) in [7, 11) is 4.03. The second kappa shape index (κ2) is 10.9. The molecule has 0 aromatic heterocycles. The fourth-order valence-corrected chi connectivity index (χ4v) is 2.70. The summed E-state index contributed by atoms with van der Waals surface area (Å²) < 4.78 is 0. The first kappa shape index (κ1) is 17.2. The van der Waals surface area contributed by atoms with E-state index in [1.165, 1.54) is 49.8 Å². The lowest BCUT2D eigenvalue weighted by Crippen LogP contribution is -2.20. The average Bonchev–Trinajstić information content (AvgIpc) is 2.49. The van der Waals surface area contributed by atoms with Crippen molar-refractivity contribution in [3.05, 3.63) is 35.4 Å². The maximum absolute atomic E-state index is 3.24. The Balaban J connectivity index is 0.000000204. The zero-order valence-corrected chi connectivity index (χ0v) is 13.5. The number of benzene rings is 1. The molecule has 0 heterocycles. The lowest BCUT2D eigenvalue weighted by molar-refractivity contribution is 0.350. The fraction of sp³-hybridized carbons (Fsp3) is 0.667. The van der Waals surface area contributed by atoms with Gasteiger partial charge in [-0.2, -0.15) is 0 Å². The Morgan fingerprint density at radius 3 is 2.15 bits per heavy atom. The van der Waals surface area contributed by atoms with Crippen molar-refractivity contribution in [2.24, 2.45) is 5.92 Å². The van der Waals surface area contributed by atoms with Crippen LogP contribution in [0.2, 0.25) is 0 Å². The van der Waals surface area contributed by atoms with Gasteiger partial charge in [0.05, 0.1) is 0 Å². The molecule has 0 radical (unpaired) electrons. The molecule has 0 unspecified atom stereocenters. The van der Waals surface area contributed by atoms with Crippen LogP contribution in [0.5, 0.6) is 0 Å². The van der Waals surface area contributed by atoms with Crippen molar-refractivity contribution in [3.8, 4) is 0 Å². The van der Waals surface area contributed by atoms with Crippen LogP contribution < -0.4 is 10.6 Å². The molecule has 2 N–H and O–H groups in total. The highest BCUT2D eigenvalue weighted by Crippen LogP contribution is 2.22. The zero-order valence-electron chi connectivity index (χ0n) is 13.5. The third-order valence-corrected chi connectivity index (χ3v) is 4.00. The molecule has 2 rings (SSSR count). The molecular formula is C18H32N2. The van der Waals surface area contributed by atoms with Gasteiger partial charge in [0.15, 0.2) is 0 Å². The smallest absolute Gasteiger partial charge is 0.00114 e. The standard InChI is InChI=1S/C10H15N.C8H17N/c1-9-3-5-10(6-4-9)7-8-11-2;1-9-7-8-5-3-2-4-6-8/h3-6,11H,7-8H2,1-2H3;8-9H,2-7H2,1H3. The predicted octanol–water partition coefficient (Wildman–Crippen LogP) is 3.54. The predicted molar refractivity (Wildman–Crippen MR) is 89.3 cm³/mol. The van der Waals surface area contributed by atoms with Crippen molar-refractivity contribution >= 4 is 0 Å². The third-order valence-electron chi connectivity index (χ3n) is 4.00. The monoisotopic (exact) mass is 276 g/mol. The van der Waals surface area contributed by atoms with Gasteiger partial charge in [0.25, 0.3) is 0 Å². The molecule has 1 aliphatic carbocycles. The van der Waals surface area contributed by atoms with Gasteiger partial charge in [-0.15, -0.1) is 0 Å². The van der Waals surface area contributed by atoms with Crippen molar-refractivity contribution < 1.29 is 0 Å². The fourth-order valence-electron chi connectivity index (χ4n) is 2.70. The van der Waals surface area contributed by atoms with E-state index in [1.807, 2.05) is 7.05 Å². The first-order valence-electron chi connectivity index (χ1n) is 8.11. The van der Waals surface area contributed by atoms with Gasteiger partial charge in [0.1, 0.15) is 0 Å². The van der Waals surface area contributed by atoms with Crippen molar-refractivity contribution in [2.45, 2.75) is 45.4 Å². The summed E-state index contributed by atoms with van der Waals surface area (Å²) >= 11 is 0. The molecule has 1 aromatic rings. The minimum absolute atomic E-state index is 0.990. The van der Waals surface area contributed by atoms with Gasteiger partial charge < -0.3 is 10.6 Å². The molecule has 2 heteroatoms. The van der Waals surface area contributed by atoms with Crippen LogP contribution in [0.1, 0.15) is 43.2 Å². The highest BCUT2D eigenvalue weighted by atomic mass is 14.8. The van der Waals surface area contributed by atoms with E-state index >= 15 is 0 Å². The van der Waals surface area contributed by atoms with Crippen LogP contribution in [0, 0.1) is 12.8 Å². The minimum atomic E-state index is 0.990. The van der Waals surface area contributed by atoms with Crippen LogP contribution in [-0.4, -0.2) is 27.2 Å². The van der Waals surface area contributed by atoms with Crippen LogP contribution in [-0.2, 0) is 6.42 Å². The van der Waals surface area contributed by atoms with Gasteiger partial charge in [0.2, 0.25) is 0 Å². The van der Waals surface area contributed by atoms with Gasteiger partial charge in [-0.1, -0.05) is 49.1 Å². The Hall–Kier alpha value is -0.860. The molecular weight excluding hydrogens is 244 g/mol. The van der Waals surface area contributed by atoms with Crippen LogP contribution in [0.25, 0.3) is 0 Å². The maximum Gasteiger partial charge on any atom is -0.00114 e. The Bertz CT molecular complexity index is 323. The number of hydrogen-bond acceptors (Lipinski definition) is 2. The lowest BCUT2D eigenvalue weighted by Gasteiger charge is -2.20. The van der Waals surface area contributed by atoms with Crippen LogP contribution >= 0.6 is 0 Å². The first-order chi connectivity index (χ1) is 9.76. The number of likely N-dealkylation sites (N-methyl/N-ethyl adjacent to an activating group) is 1. The maximum atomic E-state index is 3.24. The molecule has 0 spiro atoms. The number of nitrogens with one attached hydrogen (secondary N) is 2. The van der Waals surface area contributed by atoms with E-state index in [0.29, 0.717) is 0 Å². The second-order valence-corrected chi connectivity index (χ2v) is 5.90. The van der Waals surface area contributed by atoms with Gasteiger partial charge in [-0.25, -0.2) is 0 Å². The zero-order chi connectivity index (χ0) is 14.6. The number of rotatable bonds is 5. The van der Waals surface area contributed by atoms with Crippen molar-refractivity contribution in [2.75, 3.05) is 27.2 Å². The molecule has 20 heavy (non-hydrogen) atoms. The normalized spacial score (nSPS) is 15.6. The Morgan fingerprint density at radius 1 is 0.950 bits per heavy atom. The summed E-state index contributed by atoms with van der Waals surface area (Å²) in [4.78, 5) is 0. The molecule has 0 aliphatic heterocycles. The number of hydrogen-bond donors (Lipinski definition) is 2. The second-order valence-electron chi connectivity index (χ2n) is 5.90. The Morgan fingerprint density at radius 2 is 1.60 bits per heavy atom. The highest BCUT2D eigenvalue weighted by molar-refractivity contribution is 5.21. The van der Waals surface area contributed by atoms with Crippen molar-refractivity contribution in [1.82, 2.24) is 10.6 Å². The summed E-state index contributed by atoms with van der Waals surface area (Å²) in [6, 6.07) is 8.69. The molecule has 1 saturated carbocycles. The quantitative estimate of drug-likeness (QED) is 0.859. The van der Waals surface area contributed by atoms with E-state index in [1.54, 1.807) is 0 Å². The summed E-state index contributed by atoms with van der Waals surface area (Å²) in [5.74, 6) is 0.990. The molecule has 1 fully saturated rings. The van der Waals surface area contributed by atoms with Crippen LogP contribution in [0.4, 0.5) is 0 Å². The van der Waals surface area contributed by atoms with E-state index in [2.05, 4.69) is 48.9 Å². The molecule has 2 nitrogen and oxygen atoms in total. The summed E-state index contributed by atoms with van der Waals surface area (Å²) in [5, 5.41) is 6.37. The largest absolute Gasteiger partial charge is 0.319 e. The topological polar surface area (TPSA) is 24.1 Å². The van der Waals surface area contributed by atoms with Crippen molar-refractivity contribution in [1.29, 1.82) is 0 Å². The van der Waals surface area contributed by atoms with Gasteiger partial charge in [0, 0.05) is 0 Å². The molecule has 0 amide bonds. The van der Waals surface area contributed by atoms with Crippen LogP contribution in [0.15, 0.2) is 24.3 Å². The van der Waals surface area contributed by atoms with Crippen molar-refractivity contribution in [3.63, 3.8) is 0 Å². The van der Waals surface area contributed by atoms with Gasteiger partial charge in [-0.3, -0.25) is 0 Å². The lowest BCUT2D eigenvalue weighted by atomic mass is 9.89. The highest BCUT2D eigenvalue weighted by Gasteiger charge is 2.11. The molecule has 0 atom stereocenters. The average molecular weight is 276 g/mol. The van der Waals surface area contributed by atoms with Gasteiger partial charge >= 0.3 is 0 Å². The third kappa shape index (κ3) is 7.66. The van der Waals surface area contributed by atoms with Gasteiger partial charge in [-0.05, 0) is 64.9 Å². The minimum Gasteiger partial charge on any atom is -0.319 e. The Labute approximate surface area is 125 Å². The van der Waals surface area contributed by atoms with Crippen LogP contribution in [0.3, 0.4) is 0 Å². The molecule has 1 aliphatic rings. The SMILES string of the molecule is CNCC1CCCCC1.CNCCc1ccc(C)cc1. The summed E-state index contributed by atoms with van der Waals surface area (Å²) in [6.07, 6.45) is 8.44. The van der Waals surface area contributed by atoms with E-state index in [4.69, 9.17) is 0 Å². The first-order valence-corrected chi connectivity index (χ1v) is 8.11. The summed E-state index contributed by atoms with van der Waals surface area (Å²) in [5.41, 5.74) is 2.74. The molecule has 114 valence electrons. The van der Waals surface area contributed by atoms with E-state index in [-0.39, 0.29) is 0 Å².